The molecule has 2 aliphatic heterocycles. The van der Waals surface area contributed by atoms with E-state index in [2.05, 4.69) is 45.3 Å². The van der Waals surface area contributed by atoms with Crippen molar-refractivity contribution >= 4 is 23.2 Å². The predicted molar refractivity (Wildman–Crippen MR) is 109 cm³/mol. The van der Waals surface area contributed by atoms with Gasteiger partial charge in [-0.2, -0.15) is 0 Å². The van der Waals surface area contributed by atoms with Gasteiger partial charge in [0.15, 0.2) is 0 Å². The minimum Gasteiger partial charge on any atom is -0.372 e. The minimum absolute atomic E-state index is 0.000623. The van der Waals surface area contributed by atoms with Crippen molar-refractivity contribution in [1.29, 1.82) is 0 Å². The van der Waals surface area contributed by atoms with Crippen LogP contribution in [0.2, 0.25) is 5.02 Å². The predicted octanol–water partition coefficient (Wildman–Crippen LogP) is 3.16. The molecule has 2 fully saturated rings. The fourth-order valence-corrected chi connectivity index (χ4v) is 4.07. The zero-order valence-corrected chi connectivity index (χ0v) is 16.0. The van der Waals surface area contributed by atoms with Crippen LogP contribution in [-0.2, 0) is 11.3 Å². The Kier molecular flexibility index (Phi) is 5.62. The maximum absolute atomic E-state index is 12.5. The molecule has 3 N–H and O–H groups in total. The summed E-state index contributed by atoms with van der Waals surface area (Å²) in [5, 5.41) is 3.75. The van der Waals surface area contributed by atoms with E-state index in [1.165, 1.54) is 18.5 Å². The Balaban J connectivity index is 1.29. The molecule has 1 amide bonds. The molecule has 2 aliphatic rings. The van der Waals surface area contributed by atoms with E-state index in [1.807, 2.05) is 24.3 Å². The standard InChI is InChI=1S/C21H25ClN4O/c22-18-6-2-1-5-17(18)19-13-20(25-24-19)21(27)23-14-15-7-9-16(10-8-15)26-11-3-4-12-26/h1-2,5-10,19-20,24-25H,3-4,11-14H2,(H,23,27). The molecule has 2 atom stereocenters. The number of rotatable bonds is 5. The zero-order chi connectivity index (χ0) is 18.6. The van der Waals surface area contributed by atoms with Crippen molar-refractivity contribution < 1.29 is 4.79 Å². The first kappa shape index (κ1) is 18.3. The molecular formula is C21H25ClN4O. The van der Waals surface area contributed by atoms with Gasteiger partial charge in [0.25, 0.3) is 0 Å². The van der Waals surface area contributed by atoms with Crippen LogP contribution in [0.3, 0.4) is 0 Å². The fourth-order valence-electron chi connectivity index (χ4n) is 3.80. The lowest BCUT2D eigenvalue weighted by Gasteiger charge is -2.18. The zero-order valence-electron chi connectivity index (χ0n) is 15.2. The Bertz CT molecular complexity index is 789. The number of nitrogens with one attached hydrogen (secondary N) is 3. The molecule has 2 aromatic rings. The largest absolute Gasteiger partial charge is 0.372 e. The summed E-state index contributed by atoms with van der Waals surface area (Å²) >= 11 is 6.26. The number of benzene rings is 2. The molecule has 5 nitrogen and oxygen atoms in total. The van der Waals surface area contributed by atoms with Crippen LogP contribution in [0.25, 0.3) is 0 Å². The van der Waals surface area contributed by atoms with Crippen molar-refractivity contribution in [3.05, 3.63) is 64.7 Å². The van der Waals surface area contributed by atoms with Gasteiger partial charge in [-0.15, -0.1) is 0 Å². The smallest absolute Gasteiger partial charge is 0.238 e. The first-order valence-corrected chi connectivity index (χ1v) is 9.95. The number of hydrogen-bond donors (Lipinski definition) is 3. The lowest BCUT2D eigenvalue weighted by atomic mass is 10.0. The van der Waals surface area contributed by atoms with Crippen LogP contribution in [0.5, 0.6) is 0 Å². The number of anilines is 1. The maximum atomic E-state index is 12.5. The van der Waals surface area contributed by atoms with Gasteiger partial charge in [0, 0.05) is 36.4 Å². The summed E-state index contributed by atoms with van der Waals surface area (Å²) < 4.78 is 0. The molecule has 142 valence electrons. The van der Waals surface area contributed by atoms with Gasteiger partial charge in [0.2, 0.25) is 5.91 Å². The molecule has 0 spiro atoms. The van der Waals surface area contributed by atoms with E-state index in [4.69, 9.17) is 11.6 Å². The molecule has 0 bridgehead atoms. The number of carbonyl (C=O) groups is 1. The van der Waals surface area contributed by atoms with E-state index < -0.39 is 0 Å². The van der Waals surface area contributed by atoms with Crippen molar-refractivity contribution in [1.82, 2.24) is 16.2 Å². The third-order valence-electron chi connectivity index (χ3n) is 5.37. The quantitative estimate of drug-likeness (QED) is 0.741. The van der Waals surface area contributed by atoms with Crippen LogP contribution in [0.15, 0.2) is 48.5 Å². The summed E-state index contributed by atoms with van der Waals surface area (Å²) in [6.45, 7) is 2.82. The third-order valence-corrected chi connectivity index (χ3v) is 5.72. The van der Waals surface area contributed by atoms with Crippen LogP contribution in [0.4, 0.5) is 5.69 Å². The first-order chi connectivity index (χ1) is 13.2. The van der Waals surface area contributed by atoms with E-state index in [9.17, 15) is 4.79 Å². The van der Waals surface area contributed by atoms with E-state index >= 15 is 0 Å². The van der Waals surface area contributed by atoms with Crippen LogP contribution >= 0.6 is 11.6 Å². The number of amides is 1. The Hall–Kier alpha value is -2.08. The summed E-state index contributed by atoms with van der Waals surface area (Å²) in [7, 11) is 0. The normalized spacial score (nSPS) is 22.2. The topological polar surface area (TPSA) is 56.4 Å². The number of hydrogen-bond acceptors (Lipinski definition) is 4. The van der Waals surface area contributed by atoms with E-state index in [1.54, 1.807) is 0 Å². The summed E-state index contributed by atoms with van der Waals surface area (Å²) in [4.78, 5) is 14.9. The lowest BCUT2D eigenvalue weighted by Crippen LogP contribution is -2.42. The number of carbonyl (C=O) groups excluding carboxylic acids is 1. The summed E-state index contributed by atoms with van der Waals surface area (Å²) in [6, 6.07) is 16.0. The Labute approximate surface area is 165 Å². The molecule has 0 aliphatic carbocycles. The van der Waals surface area contributed by atoms with Crippen LogP contribution in [-0.4, -0.2) is 25.0 Å². The van der Waals surface area contributed by atoms with Gasteiger partial charge in [0.1, 0.15) is 6.04 Å². The molecule has 4 rings (SSSR count). The first-order valence-electron chi connectivity index (χ1n) is 9.58. The third kappa shape index (κ3) is 4.26. The Morgan fingerprint density at radius 2 is 1.81 bits per heavy atom. The lowest BCUT2D eigenvalue weighted by molar-refractivity contribution is -0.123. The van der Waals surface area contributed by atoms with Crippen molar-refractivity contribution in [2.45, 2.75) is 37.9 Å². The number of hydrazine groups is 1. The van der Waals surface area contributed by atoms with E-state index in [0.717, 1.165) is 29.2 Å². The number of halogens is 1. The van der Waals surface area contributed by atoms with Gasteiger partial charge in [-0.1, -0.05) is 41.9 Å². The Morgan fingerprint density at radius 3 is 2.56 bits per heavy atom. The van der Waals surface area contributed by atoms with Crippen LogP contribution in [0.1, 0.15) is 36.4 Å². The highest BCUT2D eigenvalue weighted by Gasteiger charge is 2.30. The fraction of sp³-hybridized carbons (Fsp3) is 0.381. The highest BCUT2D eigenvalue weighted by Crippen LogP contribution is 2.28. The van der Waals surface area contributed by atoms with Crippen molar-refractivity contribution in [2.75, 3.05) is 18.0 Å². The minimum atomic E-state index is -0.268. The van der Waals surface area contributed by atoms with Crippen molar-refractivity contribution in [2.24, 2.45) is 0 Å². The van der Waals surface area contributed by atoms with Crippen molar-refractivity contribution in [3.8, 4) is 0 Å². The van der Waals surface area contributed by atoms with Gasteiger partial charge < -0.3 is 10.2 Å². The molecule has 2 heterocycles. The van der Waals surface area contributed by atoms with Gasteiger partial charge in [0.05, 0.1) is 0 Å². The van der Waals surface area contributed by atoms with Crippen LogP contribution in [0, 0.1) is 0 Å². The average Bonchev–Trinajstić information content (AvgIpc) is 3.39. The van der Waals surface area contributed by atoms with Gasteiger partial charge >= 0.3 is 0 Å². The SMILES string of the molecule is O=C(NCc1ccc(N2CCCC2)cc1)C1CC(c2ccccc2Cl)NN1. The molecule has 2 aromatic carbocycles. The maximum Gasteiger partial charge on any atom is 0.238 e. The van der Waals surface area contributed by atoms with Crippen LogP contribution < -0.4 is 21.1 Å². The van der Waals surface area contributed by atoms with E-state index in [0.29, 0.717) is 13.0 Å². The van der Waals surface area contributed by atoms with Crippen molar-refractivity contribution in [3.63, 3.8) is 0 Å². The molecular weight excluding hydrogens is 360 g/mol. The average molecular weight is 385 g/mol. The second-order valence-electron chi connectivity index (χ2n) is 7.23. The summed E-state index contributed by atoms with van der Waals surface area (Å²) in [5.41, 5.74) is 9.66. The molecule has 0 aromatic heterocycles. The molecule has 6 heteroatoms. The molecule has 2 unspecified atom stereocenters. The summed E-state index contributed by atoms with van der Waals surface area (Å²) in [5.74, 6) is 0.000623. The number of nitrogens with zero attached hydrogens (tertiary/aromatic N) is 1. The second-order valence-corrected chi connectivity index (χ2v) is 7.64. The monoisotopic (exact) mass is 384 g/mol. The second kappa shape index (κ2) is 8.30. The van der Waals surface area contributed by atoms with Gasteiger partial charge in [-0.25, -0.2) is 10.9 Å². The Morgan fingerprint density at radius 1 is 1.07 bits per heavy atom. The highest BCUT2D eigenvalue weighted by atomic mass is 35.5. The highest BCUT2D eigenvalue weighted by molar-refractivity contribution is 6.31. The molecule has 0 saturated carbocycles. The molecule has 27 heavy (non-hydrogen) atoms. The molecule has 2 saturated heterocycles. The van der Waals surface area contributed by atoms with Gasteiger partial charge in [-0.3, -0.25) is 4.79 Å². The van der Waals surface area contributed by atoms with Gasteiger partial charge in [-0.05, 0) is 48.6 Å². The van der Waals surface area contributed by atoms with E-state index in [-0.39, 0.29) is 18.0 Å². The molecule has 0 radical (unpaired) electrons. The summed E-state index contributed by atoms with van der Waals surface area (Å²) in [6.07, 6.45) is 3.22.